The lowest BCUT2D eigenvalue weighted by atomic mass is 9.81. The number of carbonyl (C=O) groups is 4. The van der Waals surface area contributed by atoms with Crippen molar-refractivity contribution in [3.63, 3.8) is 0 Å². The molecular formula is C44H69NO12. The molecule has 2 unspecified atom stereocenters. The lowest BCUT2D eigenvalue weighted by Crippen LogP contribution is -2.64. The maximum atomic E-state index is 14.3. The Morgan fingerprint density at radius 3 is 2.23 bits per heavy atom. The second-order valence-electron chi connectivity index (χ2n) is 17.3. The van der Waals surface area contributed by atoms with Gasteiger partial charge in [-0.15, -0.1) is 6.58 Å². The zero-order chi connectivity index (χ0) is 42.2. The molecule has 0 radical (unpaired) electrons. The van der Waals surface area contributed by atoms with Gasteiger partial charge in [-0.2, -0.15) is 0 Å². The first-order valence-corrected chi connectivity index (χ1v) is 20.9. The highest BCUT2D eigenvalue weighted by Crippen LogP contribution is 2.39. The van der Waals surface area contributed by atoms with Crippen molar-refractivity contribution in [1.29, 1.82) is 0 Å². The number of nitrogens with zero attached hydrogens (tertiary/aromatic N) is 1. The topological polar surface area (TPSA) is 178 Å². The number of piperidine rings is 1. The van der Waals surface area contributed by atoms with Gasteiger partial charge in [0.05, 0.1) is 30.5 Å². The number of ketones is 2. The fourth-order valence-corrected chi connectivity index (χ4v) is 9.44. The molecule has 3 heterocycles. The first kappa shape index (κ1) is 46.9. The van der Waals surface area contributed by atoms with E-state index < -0.39 is 77.9 Å². The Morgan fingerprint density at radius 2 is 1.58 bits per heavy atom. The largest absolute Gasteiger partial charge is 0.456 e. The van der Waals surface area contributed by atoms with E-state index in [1.54, 1.807) is 27.0 Å². The third-order valence-electron chi connectivity index (χ3n) is 12.8. The minimum atomic E-state index is -2.51. The van der Waals surface area contributed by atoms with Crippen LogP contribution in [0.3, 0.4) is 0 Å². The Kier molecular flexibility index (Phi) is 17.2. The second kappa shape index (κ2) is 21.0. The van der Waals surface area contributed by atoms with E-state index >= 15 is 0 Å². The Morgan fingerprint density at radius 1 is 0.912 bits per heavy atom. The van der Waals surface area contributed by atoms with Gasteiger partial charge >= 0.3 is 5.97 Å². The van der Waals surface area contributed by atoms with Crippen molar-refractivity contribution in [1.82, 2.24) is 4.90 Å². The molecule has 0 aromatic heterocycles. The highest BCUT2D eigenvalue weighted by molar-refractivity contribution is 6.39. The zero-order valence-corrected chi connectivity index (χ0v) is 35.4. The van der Waals surface area contributed by atoms with Crippen LogP contribution in [0.4, 0.5) is 0 Å². The Balaban J connectivity index is 1.78. The fraction of sp³-hybridized carbons (Fsp3) is 0.773. The third kappa shape index (κ3) is 11.3. The molecule has 2 bridgehead atoms. The van der Waals surface area contributed by atoms with Gasteiger partial charge in [0.15, 0.2) is 5.78 Å². The standard InChI is InChI=1S/C44H69NO12/c1-10-13-31-19-25(2)18-26(3)20-37(54-8)40-38(55-9)22-28(5)44(52,57-40)41(49)42(50)45-17-12-11-14-32(45)43(51)56-39(29(6)34(47)24-35(31)48)27(4)21-30-15-16-33(46)36(23-30)53-7/h10,19,21,25-26,28-30,32-34,36-40,46-47,52H,1,11-18,20,22-24H2,2-9H3/t25?,26-,28-,29-,30?,32+,33-,34-,36-,37+,38+,39-,40-,44-/m1/s1. The van der Waals surface area contributed by atoms with Gasteiger partial charge in [-0.05, 0) is 100 Å². The molecule has 4 aliphatic rings. The zero-order valence-electron chi connectivity index (χ0n) is 35.4. The van der Waals surface area contributed by atoms with Crippen LogP contribution in [-0.4, -0.2) is 126 Å². The van der Waals surface area contributed by atoms with E-state index in [4.69, 9.17) is 23.7 Å². The minimum Gasteiger partial charge on any atom is -0.456 e. The van der Waals surface area contributed by atoms with Crippen molar-refractivity contribution in [3.05, 3.63) is 36.0 Å². The number of methoxy groups -OCH3 is 3. The van der Waals surface area contributed by atoms with Crippen molar-refractivity contribution in [2.24, 2.45) is 29.6 Å². The van der Waals surface area contributed by atoms with Gasteiger partial charge in [-0.3, -0.25) is 14.4 Å². The van der Waals surface area contributed by atoms with Crippen LogP contribution in [0.5, 0.6) is 0 Å². The summed E-state index contributed by atoms with van der Waals surface area (Å²) in [4.78, 5) is 57.8. The number of hydrogen-bond donors (Lipinski definition) is 3. The van der Waals surface area contributed by atoms with Crippen LogP contribution in [0.25, 0.3) is 0 Å². The number of fused-ring (bicyclic) bond motifs is 3. The predicted molar refractivity (Wildman–Crippen MR) is 213 cm³/mol. The van der Waals surface area contributed by atoms with Crippen LogP contribution >= 0.6 is 0 Å². The molecule has 13 nitrogen and oxygen atoms in total. The van der Waals surface area contributed by atoms with Gasteiger partial charge in [-0.25, -0.2) is 4.79 Å². The molecule has 57 heavy (non-hydrogen) atoms. The number of ether oxygens (including phenoxy) is 5. The average molecular weight is 804 g/mol. The summed E-state index contributed by atoms with van der Waals surface area (Å²) in [5.41, 5.74) is 1.18. The summed E-state index contributed by atoms with van der Waals surface area (Å²) in [6.07, 6.45) is 4.89. The van der Waals surface area contributed by atoms with Gasteiger partial charge < -0.3 is 43.9 Å². The number of cyclic esters (lactones) is 1. The van der Waals surface area contributed by atoms with E-state index in [1.165, 1.54) is 19.1 Å². The molecule has 0 aromatic rings. The van der Waals surface area contributed by atoms with E-state index in [0.29, 0.717) is 62.5 Å². The number of Topliss-reactive ketones (excluding diaryl/α,β-unsaturated/α-hetero) is 2. The van der Waals surface area contributed by atoms with E-state index in [-0.39, 0.29) is 55.4 Å². The fourth-order valence-electron chi connectivity index (χ4n) is 9.44. The van der Waals surface area contributed by atoms with Crippen LogP contribution < -0.4 is 0 Å². The lowest BCUT2D eigenvalue weighted by Gasteiger charge is -2.47. The van der Waals surface area contributed by atoms with E-state index in [9.17, 15) is 34.5 Å². The molecule has 1 saturated carbocycles. The first-order valence-electron chi connectivity index (χ1n) is 20.9. The number of hydrogen-bond acceptors (Lipinski definition) is 12. The van der Waals surface area contributed by atoms with Gasteiger partial charge in [0, 0.05) is 46.1 Å². The molecule has 3 fully saturated rings. The first-order chi connectivity index (χ1) is 27.0. The number of carbonyl (C=O) groups excluding carboxylic acids is 4. The number of aliphatic hydroxyl groups is 3. The highest BCUT2D eigenvalue weighted by Gasteiger charge is 2.56. The van der Waals surface area contributed by atoms with Crippen molar-refractivity contribution in [2.75, 3.05) is 27.9 Å². The monoisotopic (exact) mass is 803 g/mol. The molecular weight excluding hydrogens is 734 g/mol. The van der Waals surface area contributed by atoms with Gasteiger partial charge in [-0.1, -0.05) is 45.9 Å². The summed E-state index contributed by atoms with van der Waals surface area (Å²) < 4.78 is 29.8. The molecule has 322 valence electrons. The van der Waals surface area contributed by atoms with E-state index in [1.807, 2.05) is 26.0 Å². The van der Waals surface area contributed by atoms with Gasteiger partial charge in [0.1, 0.15) is 18.2 Å². The summed E-state index contributed by atoms with van der Waals surface area (Å²) >= 11 is 0. The number of amides is 1. The van der Waals surface area contributed by atoms with E-state index in [2.05, 4.69) is 13.5 Å². The van der Waals surface area contributed by atoms with Crippen LogP contribution in [0.1, 0.15) is 105 Å². The molecule has 14 atom stereocenters. The number of esters is 1. The van der Waals surface area contributed by atoms with Crippen LogP contribution in [0.2, 0.25) is 0 Å². The Labute approximate surface area is 339 Å². The molecule has 3 N–H and O–H groups in total. The molecule has 0 spiro atoms. The van der Waals surface area contributed by atoms with E-state index in [0.717, 1.165) is 0 Å². The average Bonchev–Trinajstić information content (AvgIpc) is 3.18. The summed E-state index contributed by atoms with van der Waals surface area (Å²) in [6, 6.07) is -1.14. The molecule has 0 aromatic carbocycles. The number of allylic oxidation sites excluding steroid dienone is 4. The maximum Gasteiger partial charge on any atom is 0.329 e. The van der Waals surface area contributed by atoms with Crippen molar-refractivity contribution in [3.8, 4) is 0 Å². The van der Waals surface area contributed by atoms with Gasteiger partial charge in [0.2, 0.25) is 5.79 Å². The quantitative estimate of drug-likeness (QED) is 0.185. The molecule has 3 aliphatic heterocycles. The molecule has 1 amide bonds. The van der Waals surface area contributed by atoms with Crippen molar-refractivity contribution < 1.29 is 58.2 Å². The number of aliphatic hydroxyl groups excluding tert-OH is 2. The SMILES string of the molecule is C=CCC1=CC(C)C[C@@H](C)C[C@H](OC)[C@H]2O[C@@](O)(C(=O)C(=O)N3CCCC[C@H]3C(=O)O[C@H](C(C)=CC3CC[C@@H](O)[C@H](OC)C3)[C@H](C)[C@H](O)CC1=O)[C@H](C)C[C@@H]2OC. The Bertz CT molecular complexity index is 1480. The minimum absolute atomic E-state index is 0.0120. The van der Waals surface area contributed by atoms with Crippen molar-refractivity contribution in [2.45, 2.75) is 160 Å². The molecule has 1 aliphatic carbocycles. The normalized spacial score (nSPS) is 40.1. The third-order valence-corrected chi connectivity index (χ3v) is 12.8. The van der Waals surface area contributed by atoms with Crippen LogP contribution in [0, 0.1) is 29.6 Å². The summed E-state index contributed by atoms with van der Waals surface area (Å²) in [5, 5.41) is 34.1. The van der Waals surface area contributed by atoms with Crippen LogP contribution in [-0.2, 0) is 42.9 Å². The highest BCUT2D eigenvalue weighted by atomic mass is 16.7. The van der Waals surface area contributed by atoms with Crippen LogP contribution in [0.15, 0.2) is 36.0 Å². The molecule has 4 rings (SSSR count). The smallest absolute Gasteiger partial charge is 0.329 e. The number of rotatable bonds is 7. The van der Waals surface area contributed by atoms with Gasteiger partial charge in [0.25, 0.3) is 11.7 Å². The second-order valence-corrected chi connectivity index (χ2v) is 17.3. The lowest BCUT2D eigenvalue weighted by molar-refractivity contribution is -0.302. The Hall–Kier alpha value is -2.78. The molecule has 2 saturated heterocycles. The summed E-state index contributed by atoms with van der Waals surface area (Å²) in [7, 11) is 4.61. The summed E-state index contributed by atoms with van der Waals surface area (Å²) in [5.74, 6) is -7.32. The predicted octanol–water partition coefficient (Wildman–Crippen LogP) is 4.64. The summed E-state index contributed by atoms with van der Waals surface area (Å²) in [6.45, 7) is 13.2. The van der Waals surface area contributed by atoms with Crippen molar-refractivity contribution >= 4 is 23.4 Å². The molecule has 13 heteroatoms. The maximum absolute atomic E-state index is 14.3.